The minimum absolute atomic E-state index is 0.214. The van der Waals surface area contributed by atoms with Crippen molar-refractivity contribution in [3.63, 3.8) is 0 Å². The molecule has 0 aromatic carbocycles. The van der Waals surface area contributed by atoms with E-state index in [4.69, 9.17) is 0 Å². The monoisotopic (exact) mass is 199 g/mol. The highest BCUT2D eigenvalue weighted by Crippen LogP contribution is 1.95. The van der Waals surface area contributed by atoms with Crippen LogP contribution >= 0.6 is 12.6 Å². The van der Waals surface area contributed by atoms with Crippen molar-refractivity contribution in [1.82, 2.24) is 25.5 Å². The van der Waals surface area contributed by atoms with Crippen molar-refractivity contribution in [1.29, 1.82) is 0 Å². The van der Waals surface area contributed by atoms with Crippen LogP contribution in [0.2, 0.25) is 0 Å². The number of rotatable bonds is 4. The van der Waals surface area contributed by atoms with Crippen molar-refractivity contribution in [2.45, 2.75) is 11.7 Å². The molecule has 1 rings (SSSR count). The van der Waals surface area contributed by atoms with E-state index >= 15 is 0 Å². The molecule has 1 amide bonds. The number of carbonyl (C=O) groups is 1. The second-order valence-corrected chi connectivity index (χ2v) is 2.60. The van der Waals surface area contributed by atoms with Gasteiger partial charge in [0.15, 0.2) is 0 Å². The molecule has 0 fully saturated rings. The molecule has 1 aromatic rings. The van der Waals surface area contributed by atoms with Gasteiger partial charge in [-0.2, -0.15) is 0 Å². The number of carbonyl (C=O) groups excluding carboxylic acids is 1. The van der Waals surface area contributed by atoms with Crippen LogP contribution in [0.3, 0.4) is 0 Å². The van der Waals surface area contributed by atoms with Crippen LogP contribution in [0.25, 0.3) is 0 Å². The fourth-order valence-electron chi connectivity index (χ4n) is 0.702. The van der Waals surface area contributed by atoms with Gasteiger partial charge in [0.05, 0.1) is 6.54 Å². The third kappa shape index (κ3) is 2.86. The Morgan fingerprint density at radius 1 is 1.77 bits per heavy atom. The van der Waals surface area contributed by atoms with Gasteiger partial charge in [0.1, 0.15) is 0 Å². The van der Waals surface area contributed by atoms with Gasteiger partial charge < -0.3 is 5.32 Å². The number of nitrogens with one attached hydrogen (secondary N) is 1. The molecule has 6 nitrogen and oxygen atoms in total. The lowest BCUT2D eigenvalue weighted by Gasteiger charge is -2.01. The molecule has 13 heavy (non-hydrogen) atoms. The molecule has 0 aliphatic heterocycles. The van der Waals surface area contributed by atoms with Crippen molar-refractivity contribution in [2.24, 2.45) is 0 Å². The molecule has 0 spiro atoms. The Morgan fingerprint density at radius 2 is 2.54 bits per heavy atom. The van der Waals surface area contributed by atoms with Crippen molar-refractivity contribution in [2.75, 3.05) is 6.54 Å². The van der Waals surface area contributed by atoms with Crippen LogP contribution in [-0.2, 0) is 11.3 Å². The summed E-state index contributed by atoms with van der Waals surface area (Å²) in [6.45, 7) is 4.26. The van der Waals surface area contributed by atoms with Crippen molar-refractivity contribution >= 4 is 18.5 Å². The summed E-state index contributed by atoms with van der Waals surface area (Å²) in [6, 6.07) is 0. The Balaban J connectivity index is 2.32. The van der Waals surface area contributed by atoms with E-state index in [0.29, 0.717) is 18.2 Å². The van der Waals surface area contributed by atoms with E-state index in [1.165, 1.54) is 10.8 Å². The molecule has 0 radical (unpaired) electrons. The molecule has 70 valence electrons. The van der Waals surface area contributed by atoms with Gasteiger partial charge >= 0.3 is 0 Å². The van der Waals surface area contributed by atoms with Crippen LogP contribution < -0.4 is 5.32 Å². The summed E-state index contributed by atoms with van der Waals surface area (Å²) in [5.41, 5.74) is 0. The van der Waals surface area contributed by atoms with E-state index in [-0.39, 0.29) is 5.91 Å². The zero-order valence-corrected chi connectivity index (χ0v) is 7.74. The highest BCUT2D eigenvalue weighted by molar-refractivity contribution is 7.80. The Kier molecular flexibility index (Phi) is 3.44. The van der Waals surface area contributed by atoms with Crippen LogP contribution in [0.4, 0.5) is 0 Å². The first kappa shape index (κ1) is 9.72. The van der Waals surface area contributed by atoms with Crippen LogP contribution in [0.5, 0.6) is 0 Å². The number of nitrogens with zero attached hydrogens (tertiary/aromatic N) is 4. The maximum Gasteiger partial charge on any atom is 0.243 e. The zero-order chi connectivity index (χ0) is 9.68. The molecule has 1 heterocycles. The highest BCUT2D eigenvalue weighted by Gasteiger charge is 2.00. The molecule has 0 atom stereocenters. The van der Waals surface area contributed by atoms with Crippen molar-refractivity contribution < 1.29 is 4.79 Å². The summed E-state index contributed by atoms with van der Waals surface area (Å²) in [7, 11) is 0. The van der Waals surface area contributed by atoms with E-state index in [1.54, 1.807) is 0 Å². The number of thiol groups is 1. The van der Waals surface area contributed by atoms with Crippen LogP contribution in [0, 0.1) is 0 Å². The van der Waals surface area contributed by atoms with E-state index in [1.807, 2.05) is 0 Å². The molecular formula is C6H9N5OS. The van der Waals surface area contributed by atoms with Crippen molar-refractivity contribution in [3.05, 3.63) is 12.7 Å². The number of tetrazole rings is 1. The number of hydrogen-bond acceptors (Lipinski definition) is 5. The van der Waals surface area contributed by atoms with Gasteiger partial charge in [-0.05, 0) is 16.5 Å². The Labute approximate surface area is 80.4 Å². The molecule has 1 aromatic heterocycles. The number of amides is 1. The number of hydrogen-bond donors (Lipinski definition) is 2. The molecule has 0 aliphatic carbocycles. The lowest BCUT2D eigenvalue weighted by Crippen LogP contribution is -2.25. The molecule has 0 unspecified atom stereocenters. The smallest absolute Gasteiger partial charge is 0.243 e. The normalized spacial score (nSPS) is 9.62. The average molecular weight is 199 g/mol. The predicted octanol–water partition coefficient (Wildman–Crippen LogP) is -0.736. The summed E-state index contributed by atoms with van der Waals surface area (Å²) in [4.78, 5) is 10.7. The molecule has 0 saturated carbocycles. The lowest BCUT2D eigenvalue weighted by atomic mass is 10.5. The summed E-state index contributed by atoms with van der Waals surface area (Å²) in [5, 5.41) is 13.6. The highest BCUT2D eigenvalue weighted by atomic mass is 32.1. The maximum atomic E-state index is 10.7. The molecule has 7 heteroatoms. The van der Waals surface area contributed by atoms with Crippen LogP contribution in [-0.4, -0.2) is 32.7 Å². The molecule has 0 aliphatic rings. The fourth-order valence-corrected chi connectivity index (χ4v) is 0.882. The SMILES string of the molecule is C=CC(=O)NCCn1nnnc1S. The third-order valence-corrected chi connectivity index (χ3v) is 1.64. The van der Waals surface area contributed by atoms with Crippen LogP contribution in [0.1, 0.15) is 0 Å². The second kappa shape index (κ2) is 4.61. The fraction of sp³-hybridized carbons (Fsp3) is 0.333. The van der Waals surface area contributed by atoms with Gasteiger partial charge in [-0.3, -0.25) is 4.79 Å². The molecule has 0 bridgehead atoms. The first-order chi connectivity index (χ1) is 6.24. The van der Waals surface area contributed by atoms with Crippen LogP contribution in [0.15, 0.2) is 17.8 Å². The molecule has 0 saturated heterocycles. The standard InChI is InChI=1S/C6H9N5OS/c1-2-5(12)7-3-4-11-6(13)8-9-10-11/h2H,1,3-4H2,(H,7,12)(H,8,10,13). The van der Waals surface area contributed by atoms with E-state index in [2.05, 4.69) is 40.0 Å². The maximum absolute atomic E-state index is 10.7. The predicted molar refractivity (Wildman–Crippen MR) is 48.3 cm³/mol. The quantitative estimate of drug-likeness (QED) is 0.495. The largest absolute Gasteiger partial charge is 0.351 e. The van der Waals surface area contributed by atoms with Gasteiger partial charge in [-0.1, -0.05) is 6.58 Å². The molecular weight excluding hydrogens is 190 g/mol. The van der Waals surface area contributed by atoms with E-state index in [9.17, 15) is 4.79 Å². The summed E-state index contributed by atoms with van der Waals surface area (Å²) in [5.74, 6) is -0.214. The van der Waals surface area contributed by atoms with Gasteiger partial charge in [0, 0.05) is 6.54 Å². The minimum atomic E-state index is -0.214. The minimum Gasteiger partial charge on any atom is -0.351 e. The van der Waals surface area contributed by atoms with Gasteiger partial charge in [0.2, 0.25) is 11.1 Å². The average Bonchev–Trinajstić information content (AvgIpc) is 2.52. The summed E-state index contributed by atoms with van der Waals surface area (Å²) < 4.78 is 1.48. The zero-order valence-electron chi connectivity index (χ0n) is 6.84. The van der Waals surface area contributed by atoms with Gasteiger partial charge in [-0.25, -0.2) is 4.68 Å². The Bertz CT molecular complexity index is 310. The topological polar surface area (TPSA) is 72.7 Å². The first-order valence-corrected chi connectivity index (χ1v) is 4.04. The van der Waals surface area contributed by atoms with Gasteiger partial charge in [-0.15, -0.1) is 17.7 Å². The Hall–Kier alpha value is -1.37. The summed E-state index contributed by atoms with van der Waals surface area (Å²) in [6.07, 6.45) is 1.21. The van der Waals surface area contributed by atoms with Crippen molar-refractivity contribution in [3.8, 4) is 0 Å². The second-order valence-electron chi connectivity index (χ2n) is 2.20. The van der Waals surface area contributed by atoms with E-state index < -0.39 is 0 Å². The molecule has 1 N–H and O–H groups in total. The lowest BCUT2D eigenvalue weighted by molar-refractivity contribution is -0.116. The van der Waals surface area contributed by atoms with Gasteiger partial charge in [0.25, 0.3) is 0 Å². The summed E-state index contributed by atoms with van der Waals surface area (Å²) >= 11 is 3.99. The first-order valence-electron chi connectivity index (χ1n) is 3.59. The number of aromatic nitrogens is 4. The third-order valence-electron chi connectivity index (χ3n) is 1.32. The Morgan fingerprint density at radius 3 is 3.08 bits per heavy atom. The van der Waals surface area contributed by atoms with E-state index in [0.717, 1.165) is 0 Å².